The minimum Gasteiger partial charge on any atom is -0.308 e. The molecule has 0 saturated heterocycles. The van der Waals surface area contributed by atoms with E-state index in [2.05, 4.69) is 33.8 Å². The van der Waals surface area contributed by atoms with Crippen LogP contribution in [0.5, 0.6) is 0 Å². The Balaban J connectivity index is 2.38. The fraction of sp³-hybridized carbons (Fsp3) is 0.545. The van der Waals surface area contributed by atoms with Crippen molar-refractivity contribution < 1.29 is 0 Å². The summed E-state index contributed by atoms with van der Waals surface area (Å²) in [5.74, 6) is 0.385. The van der Waals surface area contributed by atoms with Gasteiger partial charge in [0.05, 0.1) is 22.8 Å². The lowest BCUT2D eigenvalue weighted by atomic mass is 10.0. The predicted octanol–water partition coefficient (Wildman–Crippen LogP) is 1.70. The number of aromatic nitrogens is 4. The molecule has 0 radical (unpaired) electrons. The molecule has 0 aromatic carbocycles. The highest BCUT2D eigenvalue weighted by atomic mass is 32.1. The molecule has 0 bridgehead atoms. The van der Waals surface area contributed by atoms with Gasteiger partial charge in [-0.2, -0.15) is 5.10 Å². The van der Waals surface area contributed by atoms with Gasteiger partial charge in [0.1, 0.15) is 0 Å². The van der Waals surface area contributed by atoms with Crippen molar-refractivity contribution in [1.29, 1.82) is 0 Å². The first-order valence-corrected chi connectivity index (χ1v) is 6.38. The van der Waals surface area contributed by atoms with Crippen molar-refractivity contribution in [2.75, 3.05) is 7.05 Å². The van der Waals surface area contributed by atoms with Crippen LogP contribution < -0.4 is 5.32 Å². The van der Waals surface area contributed by atoms with Gasteiger partial charge in [-0.25, -0.2) is 0 Å². The Kier molecular flexibility index (Phi) is 3.54. The number of aryl methyl sites for hydroxylation is 1. The van der Waals surface area contributed by atoms with Crippen molar-refractivity contribution in [3.8, 4) is 0 Å². The average Bonchev–Trinajstić information content (AvgIpc) is 2.89. The summed E-state index contributed by atoms with van der Waals surface area (Å²) in [5.41, 5.74) is 2.21. The lowest BCUT2D eigenvalue weighted by Gasteiger charge is -2.14. The summed E-state index contributed by atoms with van der Waals surface area (Å²) in [7, 11) is 3.87. The fourth-order valence-corrected chi connectivity index (χ4v) is 2.79. The smallest absolute Gasteiger partial charge is 0.0832 e. The zero-order valence-electron chi connectivity index (χ0n) is 10.5. The normalized spacial score (nSPS) is 13.2. The molecule has 1 atom stereocenters. The Morgan fingerprint density at radius 3 is 2.71 bits per heavy atom. The second-order valence-corrected chi connectivity index (χ2v) is 5.13. The van der Waals surface area contributed by atoms with Crippen LogP contribution in [0.1, 0.15) is 41.9 Å². The maximum absolute atomic E-state index is 4.22. The molecule has 0 saturated carbocycles. The molecular weight excluding hydrogens is 234 g/mol. The zero-order chi connectivity index (χ0) is 12.4. The molecule has 2 rings (SSSR count). The highest BCUT2D eigenvalue weighted by molar-refractivity contribution is 7.05. The minimum absolute atomic E-state index is 0.126. The molecule has 1 unspecified atom stereocenters. The van der Waals surface area contributed by atoms with Crippen LogP contribution in [0, 0.1) is 0 Å². The van der Waals surface area contributed by atoms with Gasteiger partial charge in [0.2, 0.25) is 0 Å². The lowest BCUT2D eigenvalue weighted by Crippen LogP contribution is -2.17. The number of hydrogen-bond donors (Lipinski definition) is 1. The van der Waals surface area contributed by atoms with Gasteiger partial charge in [0.25, 0.3) is 0 Å². The third-order valence-electron chi connectivity index (χ3n) is 2.70. The summed E-state index contributed by atoms with van der Waals surface area (Å²) in [5, 5.41) is 11.7. The molecule has 92 valence electrons. The first kappa shape index (κ1) is 12.2. The van der Waals surface area contributed by atoms with Crippen LogP contribution >= 0.6 is 11.5 Å². The molecule has 0 amide bonds. The van der Waals surface area contributed by atoms with Gasteiger partial charge in [0.15, 0.2) is 0 Å². The molecule has 2 aromatic rings. The molecule has 1 N–H and O–H groups in total. The monoisotopic (exact) mass is 251 g/mol. The maximum atomic E-state index is 4.22. The van der Waals surface area contributed by atoms with Crippen molar-refractivity contribution in [2.24, 2.45) is 7.05 Å². The number of hydrogen-bond acceptors (Lipinski definition) is 5. The third kappa shape index (κ3) is 2.37. The van der Waals surface area contributed by atoms with Gasteiger partial charge in [-0.15, -0.1) is 5.10 Å². The molecule has 5 nitrogen and oxygen atoms in total. The second kappa shape index (κ2) is 4.93. The Labute approximate surface area is 105 Å². The molecule has 0 aliphatic heterocycles. The van der Waals surface area contributed by atoms with Crippen molar-refractivity contribution in [1.82, 2.24) is 24.7 Å². The van der Waals surface area contributed by atoms with E-state index in [4.69, 9.17) is 0 Å². The largest absolute Gasteiger partial charge is 0.308 e. The predicted molar refractivity (Wildman–Crippen MR) is 68.1 cm³/mol. The lowest BCUT2D eigenvalue weighted by molar-refractivity contribution is 0.677. The van der Waals surface area contributed by atoms with Crippen LogP contribution in [-0.2, 0) is 7.05 Å². The number of nitrogens with one attached hydrogen (secondary N) is 1. The molecule has 0 aliphatic carbocycles. The minimum atomic E-state index is 0.126. The third-order valence-corrected chi connectivity index (χ3v) is 3.50. The zero-order valence-corrected chi connectivity index (χ0v) is 11.3. The van der Waals surface area contributed by atoms with E-state index in [-0.39, 0.29) is 6.04 Å². The van der Waals surface area contributed by atoms with E-state index in [0.717, 1.165) is 11.3 Å². The first-order valence-electron chi connectivity index (χ1n) is 5.61. The van der Waals surface area contributed by atoms with Gasteiger partial charge >= 0.3 is 0 Å². The standard InChI is InChI=1S/C11H17N5S/c1-7(2)9-11(17-15-14-9)10(12-3)8-5-13-16(4)6-8/h5-7,10,12H,1-4H3. The van der Waals surface area contributed by atoms with Crippen LogP contribution in [0.3, 0.4) is 0 Å². The summed E-state index contributed by atoms with van der Waals surface area (Å²) >= 11 is 1.45. The van der Waals surface area contributed by atoms with E-state index in [0.29, 0.717) is 5.92 Å². The van der Waals surface area contributed by atoms with Gasteiger partial charge in [-0.05, 0) is 24.5 Å². The highest BCUT2D eigenvalue weighted by Crippen LogP contribution is 2.30. The van der Waals surface area contributed by atoms with E-state index in [9.17, 15) is 0 Å². The first-order chi connectivity index (χ1) is 8.13. The quantitative estimate of drug-likeness (QED) is 0.898. The van der Waals surface area contributed by atoms with Crippen molar-refractivity contribution >= 4 is 11.5 Å². The maximum Gasteiger partial charge on any atom is 0.0832 e. The van der Waals surface area contributed by atoms with Crippen LogP contribution in [0.15, 0.2) is 12.4 Å². The van der Waals surface area contributed by atoms with E-state index in [1.165, 1.54) is 16.4 Å². The topological polar surface area (TPSA) is 55.6 Å². The van der Waals surface area contributed by atoms with Crippen LogP contribution in [0.25, 0.3) is 0 Å². The molecule has 0 aliphatic rings. The van der Waals surface area contributed by atoms with Crippen molar-refractivity contribution in [3.63, 3.8) is 0 Å². The Hall–Kier alpha value is -1.27. The molecular formula is C11H17N5S. The summed E-state index contributed by atoms with van der Waals surface area (Å²) in [6, 6.07) is 0.126. The van der Waals surface area contributed by atoms with E-state index in [1.807, 2.05) is 31.2 Å². The summed E-state index contributed by atoms with van der Waals surface area (Å²) in [6.45, 7) is 4.27. The van der Waals surface area contributed by atoms with E-state index in [1.54, 1.807) is 0 Å². The van der Waals surface area contributed by atoms with E-state index >= 15 is 0 Å². The van der Waals surface area contributed by atoms with Crippen LogP contribution in [-0.4, -0.2) is 26.4 Å². The van der Waals surface area contributed by atoms with Crippen LogP contribution in [0.2, 0.25) is 0 Å². The summed E-state index contributed by atoms with van der Waals surface area (Å²) in [4.78, 5) is 1.18. The van der Waals surface area contributed by atoms with Gasteiger partial charge in [0, 0.05) is 18.8 Å². The van der Waals surface area contributed by atoms with Gasteiger partial charge in [-0.3, -0.25) is 4.68 Å². The Morgan fingerprint density at radius 2 is 2.18 bits per heavy atom. The van der Waals surface area contributed by atoms with Crippen LogP contribution in [0.4, 0.5) is 0 Å². The molecule has 2 heterocycles. The van der Waals surface area contributed by atoms with Crippen molar-refractivity contribution in [2.45, 2.75) is 25.8 Å². The van der Waals surface area contributed by atoms with Gasteiger partial charge in [-0.1, -0.05) is 18.3 Å². The molecule has 17 heavy (non-hydrogen) atoms. The molecule has 0 fully saturated rings. The van der Waals surface area contributed by atoms with Crippen molar-refractivity contribution in [3.05, 3.63) is 28.5 Å². The SMILES string of the molecule is CNC(c1cnn(C)c1)c1snnc1C(C)C. The second-order valence-electron chi connectivity index (χ2n) is 4.35. The highest BCUT2D eigenvalue weighted by Gasteiger charge is 2.22. The van der Waals surface area contributed by atoms with Gasteiger partial charge < -0.3 is 5.32 Å². The Morgan fingerprint density at radius 1 is 1.41 bits per heavy atom. The Bertz CT molecular complexity index is 488. The number of nitrogens with zero attached hydrogens (tertiary/aromatic N) is 4. The molecule has 2 aromatic heterocycles. The molecule has 0 spiro atoms. The summed E-state index contributed by atoms with van der Waals surface area (Å²) < 4.78 is 5.88. The average molecular weight is 251 g/mol. The summed E-state index contributed by atoms with van der Waals surface area (Å²) in [6.07, 6.45) is 3.90. The molecule has 6 heteroatoms. The van der Waals surface area contributed by atoms with E-state index < -0.39 is 0 Å². The number of rotatable bonds is 4. The fourth-order valence-electron chi connectivity index (χ4n) is 1.84.